The van der Waals surface area contributed by atoms with Crippen LogP contribution in [-0.4, -0.2) is 23.2 Å². The van der Waals surface area contributed by atoms with E-state index in [1.165, 1.54) is 0 Å². The molecule has 2 N–H and O–H groups in total. The highest BCUT2D eigenvalue weighted by Crippen LogP contribution is 2.11. The molecule has 0 saturated heterocycles. The third kappa shape index (κ3) is 3.66. The summed E-state index contributed by atoms with van der Waals surface area (Å²) in [7, 11) is 0. The lowest BCUT2D eigenvalue weighted by molar-refractivity contribution is 0.148. The van der Waals surface area contributed by atoms with Crippen LogP contribution in [0.5, 0.6) is 0 Å². The molecule has 2 rings (SSSR count). The maximum absolute atomic E-state index is 9.74. The van der Waals surface area contributed by atoms with Gasteiger partial charge < -0.3 is 14.8 Å². The Morgan fingerprint density at radius 2 is 2.47 bits per heavy atom. The highest BCUT2D eigenvalue weighted by molar-refractivity contribution is 7.09. The average Bonchev–Trinajstić information content (AvgIpc) is 2.95. The molecule has 0 amide bonds. The van der Waals surface area contributed by atoms with Gasteiger partial charge in [-0.3, -0.25) is 0 Å². The number of nitrogens with zero attached hydrogens (tertiary/aromatic N) is 1. The topological polar surface area (TPSA) is 58.3 Å². The van der Waals surface area contributed by atoms with Gasteiger partial charge in [0.2, 0.25) is 0 Å². The SMILES string of the molecule is Cc1nc(CCNCC(O)c2ccco2)cs1. The van der Waals surface area contributed by atoms with Crippen molar-refractivity contribution >= 4 is 11.3 Å². The van der Waals surface area contributed by atoms with E-state index in [2.05, 4.69) is 15.7 Å². The van der Waals surface area contributed by atoms with Crippen LogP contribution in [-0.2, 0) is 6.42 Å². The van der Waals surface area contributed by atoms with Gasteiger partial charge in [0, 0.05) is 24.9 Å². The van der Waals surface area contributed by atoms with Gasteiger partial charge in [-0.05, 0) is 19.1 Å². The molecule has 0 saturated carbocycles. The first kappa shape index (κ1) is 12.3. The minimum absolute atomic E-state index is 0.497. The Bertz CT molecular complexity index is 439. The van der Waals surface area contributed by atoms with Gasteiger partial charge in [0.05, 0.1) is 17.0 Å². The summed E-state index contributed by atoms with van der Waals surface area (Å²) in [6.45, 7) is 3.31. The molecule has 0 bridgehead atoms. The van der Waals surface area contributed by atoms with E-state index < -0.39 is 6.10 Å². The molecule has 1 unspecified atom stereocenters. The zero-order chi connectivity index (χ0) is 12.1. The zero-order valence-corrected chi connectivity index (χ0v) is 10.5. The van der Waals surface area contributed by atoms with Crippen molar-refractivity contribution in [2.75, 3.05) is 13.1 Å². The van der Waals surface area contributed by atoms with E-state index >= 15 is 0 Å². The quantitative estimate of drug-likeness (QED) is 0.771. The molecule has 2 heterocycles. The molecule has 0 aliphatic rings. The van der Waals surface area contributed by atoms with Gasteiger partial charge in [-0.15, -0.1) is 11.3 Å². The van der Waals surface area contributed by atoms with Crippen molar-refractivity contribution in [3.63, 3.8) is 0 Å². The number of aliphatic hydroxyl groups is 1. The second-order valence-corrected chi connectivity index (χ2v) is 4.91. The van der Waals surface area contributed by atoms with E-state index in [0.29, 0.717) is 12.3 Å². The van der Waals surface area contributed by atoms with Crippen LogP contribution < -0.4 is 5.32 Å². The predicted octanol–water partition coefficient (Wildman–Crippen LogP) is 1.91. The van der Waals surface area contributed by atoms with Crippen molar-refractivity contribution in [3.05, 3.63) is 40.2 Å². The Hall–Kier alpha value is -1.17. The molecular formula is C12H16N2O2S. The molecule has 4 nitrogen and oxygen atoms in total. The van der Waals surface area contributed by atoms with Crippen LogP contribution in [0.1, 0.15) is 22.6 Å². The van der Waals surface area contributed by atoms with Crippen LogP contribution in [0.3, 0.4) is 0 Å². The number of hydrogen-bond donors (Lipinski definition) is 2. The third-order valence-corrected chi connectivity index (χ3v) is 3.26. The second kappa shape index (κ2) is 5.95. The van der Waals surface area contributed by atoms with Crippen LogP contribution in [0.15, 0.2) is 28.2 Å². The molecule has 92 valence electrons. The van der Waals surface area contributed by atoms with Gasteiger partial charge in [-0.2, -0.15) is 0 Å². The maximum Gasteiger partial charge on any atom is 0.133 e. The molecule has 0 aliphatic carbocycles. The smallest absolute Gasteiger partial charge is 0.133 e. The minimum atomic E-state index is -0.581. The first-order valence-electron chi connectivity index (χ1n) is 5.59. The Kier molecular flexibility index (Phi) is 4.30. The van der Waals surface area contributed by atoms with E-state index in [0.717, 1.165) is 23.7 Å². The van der Waals surface area contributed by atoms with Crippen molar-refractivity contribution in [2.45, 2.75) is 19.4 Å². The van der Waals surface area contributed by atoms with Gasteiger partial charge in [-0.25, -0.2) is 4.98 Å². The summed E-state index contributed by atoms with van der Waals surface area (Å²) < 4.78 is 5.11. The van der Waals surface area contributed by atoms with E-state index in [-0.39, 0.29) is 0 Å². The number of furan rings is 1. The van der Waals surface area contributed by atoms with E-state index in [4.69, 9.17) is 4.42 Å². The highest BCUT2D eigenvalue weighted by Gasteiger charge is 2.09. The molecule has 1 atom stereocenters. The molecule has 5 heteroatoms. The number of aliphatic hydroxyl groups excluding tert-OH is 1. The van der Waals surface area contributed by atoms with Crippen LogP contribution in [0, 0.1) is 6.92 Å². The Morgan fingerprint density at radius 1 is 1.59 bits per heavy atom. The van der Waals surface area contributed by atoms with Crippen LogP contribution >= 0.6 is 11.3 Å². The summed E-state index contributed by atoms with van der Waals surface area (Å²) in [5.41, 5.74) is 1.10. The normalized spacial score (nSPS) is 12.8. The fourth-order valence-electron chi connectivity index (χ4n) is 1.56. The molecule has 17 heavy (non-hydrogen) atoms. The van der Waals surface area contributed by atoms with Crippen LogP contribution in [0.25, 0.3) is 0 Å². The summed E-state index contributed by atoms with van der Waals surface area (Å²) in [5.74, 6) is 0.599. The summed E-state index contributed by atoms with van der Waals surface area (Å²) >= 11 is 1.66. The fourth-order valence-corrected chi connectivity index (χ4v) is 2.21. The van der Waals surface area contributed by atoms with Crippen LogP contribution in [0.2, 0.25) is 0 Å². The summed E-state index contributed by atoms with van der Waals surface area (Å²) in [4.78, 5) is 4.37. The van der Waals surface area contributed by atoms with Crippen LogP contribution in [0.4, 0.5) is 0 Å². The van der Waals surface area contributed by atoms with Gasteiger partial charge in [0.15, 0.2) is 0 Å². The van der Waals surface area contributed by atoms with Crippen molar-refractivity contribution in [2.24, 2.45) is 0 Å². The standard InChI is InChI=1S/C12H16N2O2S/c1-9-14-10(8-17-9)4-5-13-7-11(15)12-3-2-6-16-12/h2-3,6,8,11,13,15H,4-5,7H2,1H3. The number of thiazole rings is 1. The number of rotatable bonds is 6. The molecule has 0 aromatic carbocycles. The number of aromatic nitrogens is 1. The maximum atomic E-state index is 9.74. The largest absolute Gasteiger partial charge is 0.467 e. The lowest BCUT2D eigenvalue weighted by atomic mass is 10.2. The number of nitrogens with one attached hydrogen (secondary N) is 1. The first-order chi connectivity index (χ1) is 8.25. The molecular weight excluding hydrogens is 236 g/mol. The molecule has 2 aromatic rings. The predicted molar refractivity (Wildman–Crippen MR) is 67.1 cm³/mol. The molecule has 0 spiro atoms. The Labute approximate surface area is 104 Å². The molecule has 0 fully saturated rings. The molecule has 2 aromatic heterocycles. The lowest BCUT2D eigenvalue weighted by Crippen LogP contribution is -2.23. The van der Waals surface area contributed by atoms with Gasteiger partial charge in [-0.1, -0.05) is 0 Å². The van der Waals surface area contributed by atoms with Crippen molar-refractivity contribution in [1.29, 1.82) is 0 Å². The fraction of sp³-hybridized carbons (Fsp3) is 0.417. The third-order valence-electron chi connectivity index (χ3n) is 2.43. The van der Waals surface area contributed by atoms with Gasteiger partial charge >= 0.3 is 0 Å². The lowest BCUT2D eigenvalue weighted by Gasteiger charge is -2.08. The van der Waals surface area contributed by atoms with E-state index in [1.807, 2.05) is 6.92 Å². The Morgan fingerprint density at radius 3 is 3.12 bits per heavy atom. The van der Waals surface area contributed by atoms with Crippen molar-refractivity contribution in [1.82, 2.24) is 10.3 Å². The number of hydrogen-bond acceptors (Lipinski definition) is 5. The molecule has 0 aliphatic heterocycles. The first-order valence-corrected chi connectivity index (χ1v) is 6.47. The van der Waals surface area contributed by atoms with E-state index in [1.54, 1.807) is 29.7 Å². The van der Waals surface area contributed by atoms with E-state index in [9.17, 15) is 5.11 Å². The average molecular weight is 252 g/mol. The van der Waals surface area contributed by atoms with Gasteiger partial charge in [0.1, 0.15) is 11.9 Å². The van der Waals surface area contributed by atoms with Crippen molar-refractivity contribution < 1.29 is 9.52 Å². The van der Waals surface area contributed by atoms with Crippen molar-refractivity contribution in [3.8, 4) is 0 Å². The zero-order valence-electron chi connectivity index (χ0n) is 9.72. The highest BCUT2D eigenvalue weighted by atomic mass is 32.1. The Balaban J connectivity index is 1.66. The monoisotopic (exact) mass is 252 g/mol. The number of aryl methyl sites for hydroxylation is 1. The minimum Gasteiger partial charge on any atom is -0.467 e. The molecule has 0 radical (unpaired) electrons. The van der Waals surface area contributed by atoms with Gasteiger partial charge in [0.25, 0.3) is 0 Å². The summed E-state index contributed by atoms with van der Waals surface area (Å²) in [6, 6.07) is 3.55. The second-order valence-electron chi connectivity index (χ2n) is 3.84. The summed E-state index contributed by atoms with van der Waals surface area (Å²) in [6.07, 6.45) is 1.87. The summed E-state index contributed by atoms with van der Waals surface area (Å²) in [5, 5.41) is 16.1.